The van der Waals surface area contributed by atoms with Crippen LogP contribution in [0.5, 0.6) is 0 Å². The average molecular weight is 473 g/mol. The number of nitrogens with zero attached hydrogens (tertiary/aromatic N) is 3. The van der Waals surface area contributed by atoms with Crippen LogP contribution in [0, 0.1) is 24.4 Å². The Morgan fingerprint density at radius 2 is 1.71 bits per heavy atom. The van der Waals surface area contributed by atoms with Gasteiger partial charge in [-0.05, 0) is 57.0 Å². The molecule has 0 saturated heterocycles. The molecule has 0 unspecified atom stereocenters. The fraction of sp³-hybridized carbons (Fsp3) is 0.385. The lowest BCUT2D eigenvalue weighted by molar-refractivity contribution is -0.137. The molecule has 0 spiro atoms. The number of imidazole rings is 1. The standard InChI is InChI=1S/C19H24F2N4O.C7H7F/c1-11(2)17-16(12-5-6-13(20)14(21)9-12)23-18-19(3,4)25(15(26)10-22)8-7-24(17)18;1-6-2-4-7(8)5-3-6/h5-6,9,11H,7-8,10,22H2,1-4H3;2-5H,1H3. The molecule has 2 aromatic carbocycles. The molecule has 0 aliphatic carbocycles. The van der Waals surface area contributed by atoms with Crippen LogP contribution in [0.1, 0.15) is 50.7 Å². The number of hydrogen-bond acceptors (Lipinski definition) is 3. The van der Waals surface area contributed by atoms with Gasteiger partial charge in [0.05, 0.1) is 17.8 Å². The lowest BCUT2D eigenvalue weighted by Crippen LogP contribution is -2.53. The van der Waals surface area contributed by atoms with E-state index in [9.17, 15) is 18.0 Å². The summed E-state index contributed by atoms with van der Waals surface area (Å²) in [6, 6.07) is 10.2. The zero-order chi connectivity index (χ0) is 25.2. The van der Waals surface area contributed by atoms with Gasteiger partial charge in [0.25, 0.3) is 0 Å². The van der Waals surface area contributed by atoms with Gasteiger partial charge in [-0.2, -0.15) is 0 Å². The fourth-order valence-electron chi connectivity index (χ4n) is 4.28. The van der Waals surface area contributed by atoms with Crippen molar-refractivity contribution in [3.63, 3.8) is 0 Å². The third kappa shape index (κ3) is 5.01. The van der Waals surface area contributed by atoms with Gasteiger partial charge in [-0.15, -0.1) is 0 Å². The van der Waals surface area contributed by atoms with Crippen LogP contribution in [0.2, 0.25) is 0 Å². The van der Waals surface area contributed by atoms with E-state index in [1.54, 1.807) is 17.0 Å². The van der Waals surface area contributed by atoms with Crippen molar-refractivity contribution in [3.05, 3.63) is 77.0 Å². The van der Waals surface area contributed by atoms with E-state index in [0.29, 0.717) is 24.3 Å². The summed E-state index contributed by atoms with van der Waals surface area (Å²) in [6.07, 6.45) is 0. The predicted molar refractivity (Wildman–Crippen MR) is 127 cm³/mol. The number of amides is 1. The number of aryl methyl sites for hydroxylation is 1. The Kier molecular flexibility index (Phi) is 7.51. The topological polar surface area (TPSA) is 64.2 Å². The van der Waals surface area contributed by atoms with Crippen LogP contribution in [0.3, 0.4) is 0 Å². The van der Waals surface area contributed by atoms with Crippen LogP contribution < -0.4 is 5.73 Å². The summed E-state index contributed by atoms with van der Waals surface area (Å²) in [5, 5.41) is 0. The van der Waals surface area contributed by atoms with Gasteiger partial charge in [0.2, 0.25) is 5.91 Å². The number of halogens is 3. The zero-order valence-electron chi connectivity index (χ0n) is 20.2. The van der Waals surface area contributed by atoms with Gasteiger partial charge in [0.1, 0.15) is 11.6 Å². The van der Waals surface area contributed by atoms with Crippen molar-refractivity contribution in [1.82, 2.24) is 14.5 Å². The maximum atomic E-state index is 13.8. The first-order valence-corrected chi connectivity index (χ1v) is 11.3. The first-order chi connectivity index (χ1) is 16.0. The molecule has 1 aliphatic heterocycles. The molecule has 1 amide bonds. The van der Waals surface area contributed by atoms with Crippen molar-refractivity contribution >= 4 is 5.91 Å². The number of aromatic nitrogens is 2. The summed E-state index contributed by atoms with van der Waals surface area (Å²) < 4.78 is 41.3. The van der Waals surface area contributed by atoms with Crippen LogP contribution in [0.25, 0.3) is 11.3 Å². The number of fused-ring (bicyclic) bond motifs is 1. The molecule has 2 heterocycles. The molecule has 34 heavy (non-hydrogen) atoms. The maximum absolute atomic E-state index is 13.8. The molecule has 3 aromatic rings. The van der Waals surface area contributed by atoms with E-state index in [1.807, 2.05) is 34.6 Å². The number of carbonyl (C=O) groups is 1. The fourth-order valence-corrected chi connectivity index (χ4v) is 4.28. The molecule has 0 fully saturated rings. The second-order valence-corrected chi connectivity index (χ2v) is 9.21. The minimum atomic E-state index is -0.901. The van der Waals surface area contributed by atoms with Gasteiger partial charge in [0.15, 0.2) is 11.6 Å². The summed E-state index contributed by atoms with van der Waals surface area (Å²) in [4.78, 5) is 18.7. The molecule has 0 bridgehead atoms. The molecule has 5 nitrogen and oxygen atoms in total. The van der Waals surface area contributed by atoms with Crippen LogP contribution in [-0.4, -0.2) is 33.4 Å². The minimum Gasteiger partial charge on any atom is -0.327 e. The van der Waals surface area contributed by atoms with Crippen molar-refractivity contribution in [2.24, 2.45) is 5.73 Å². The highest BCUT2D eigenvalue weighted by Gasteiger charge is 2.41. The van der Waals surface area contributed by atoms with Crippen LogP contribution in [0.15, 0.2) is 42.5 Å². The van der Waals surface area contributed by atoms with Gasteiger partial charge < -0.3 is 15.2 Å². The molecular weight excluding hydrogens is 441 g/mol. The number of benzene rings is 2. The molecule has 0 atom stereocenters. The summed E-state index contributed by atoms with van der Waals surface area (Å²) in [7, 11) is 0. The Bertz CT molecular complexity index is 1150. The van der Waals surface area contributed by atoms with E-state index in [1.165, 1.54) is 24.3 Å². The summed E-state index contributed by atoms with van der Waals surface area (Å²) in [6.45, 7) is 10.9. The summed E-state index contributed by atoms with van der Waals surface area (Å²) in [5.74, 6) is -1.23. The van der Waals surface area contributed by atoms with Crippen molar-refractivity contribution in [1.29, 1.82) is 0 Å². The first kappa shape index (κ1) is 25.5. The van der Waals surface area contributed by atoms with Gasteiger partial charge in [-0.1, -0.05) is 31.5 Å². The largest absolute Gasteiger partial charge is 0.327 e. The number of rotatable bonds is 3. The highest BCUT2D eigenvalue weighted by atomic mass is 19.2. The third-order valence-corrected chi connectivity index (χ3v) is 6.00. The Hall–Kier alpha value is -3.13. The first-order valence-electron chi connectivity index (χ1n) is 11.3. The van der Waals surface area contributed by atoms with Crippen molar-refractivity contribution in [3.8, 4) is 11.3 Å². The second-order valence-electron chi connectivity index (χ2n) is 9.21. The molecule has 4 rings (SSSR count). The number of carbonyl (C=O) groups excluding carboxylic acids is 1. The van der Waals surface area contributed by atoms with Crippen LogP contribution in [-0.2, 0) is 16.9 Å². The van der Waals surface area contributed by atoms with E-state index in [2.05, 4.69) is 4.57 Å². The quantitative estimate of drug-likeness (QED) is 0.575. The summed E-state index contributed by atoms with van der Waals surface area (Å²) >= 11 is 0. The Balaban J connectivity index is 0.000000343. The minimum absolute atomic E-state index is 0.0583. The molecule has 1 aliphatic rings. The smallest absolute Gasteiger partial charge is 0.237 e. The lowest BCUT2D eigenvalue weighted by Gasteiger charge is -2.42. The molecule has 0 radical (unpaired) electrons. The SMILES string of the molecule is CC(C)c1c(-c2ccc(F)c(F)c2)nc2n1CCN(C(=O)CN)C2(C)C.Cc1ccc(F)cc1. The van der Waals surface area contributed by atoms with Gasteiger partial charge >= 0.3 is 0 Å². The second kappa shape index (κ2) is 10.0. The molecular formula is C26H31F3N4O. The Labute approximate surface area is 198 Å². The lowest BCUT2D eigenvalue weighted by atomic mass is 9.98. The number of hydrogen-bond donors (Lipinski definition) is 1. The average Bonchev–Trinajstić information content (AvgIpc) is 3.19. The van der Waals surface area contributed by atoms with E-state index in [0.717, 1.165) is 23.1 Å². The third-order valence-electron chi connectivity index (χ3n) is 6.00. The zero-order valence-corrected chi connectivity index (χ0v) is 20.2. The van der Waals surface area contributed by atoms with Crippen molar-refractivity contribution in [2.45, 2.75) is 52.6 Å². The van der Waals surface area contributed by atoms with Gasteiger partial charge in [0, 0.05) is 24.3 Å². The van der Waals surface area contributed by atoms with E-state index in [-0.39, 0.29) is 24.2 Å². The van der Waals surface area contributed by atoms with Gasteiger partial charge in [-0.25, -0.2) is 18.2 Å². The normalized spacial score (nSPS) is 14.5. The predicted octanol–water partition coefficient (Wildman–Crippen LogP) is 5.12. The maximum Gasteiger partial charge on any atom is 0.237 e. The van der Waals surface area contributed by atoms with E-state index in [4.69, 9.17) is 10.7 Å². The monoisotopic (exact) mass is 472 g/mol. The van der Waals surface area contributed by atoms with E-state index < -0.39 is 17.2 Å². The highest BCUT2D eigenvalue weighted by molar-refractivity contribution is 5.79. The van der Waals surface area contributed by atoms with Crippen molar-refractivity contribution < 1.29 is 18.0 Å². The Morgan fingerprint density at radius 3 is 2.24 bits per heavy atom. The van der Waals surface area contributed by atoms with Gasteiger partial charge in [-0.3, -0.25) is 4.79 Å². The van der Waals surface area contributed by atoms with Crippen LogP contribution >= 0.6 is 0 Å². The molecule has 2 N–H and O–H groups in total. The molecule has 1 aromatic heterocycles. The molecule has 8 heteroatoms. The molecule has 0 saturated carbocycles. The Morgan fingerprint density at radius 1 is 1.06 bits per heavy atom. The van der Waals surface area contributed by atoms with Crippen LogP contribution in [0.4, 0.5) is 13.2 Å². The molecule has 182 valence electrons. The van der Waals surface area contributed by atoms with E-state index >= 15 is 0 Å². The summed E-state index contributed by atoms with van der Waals surface area (Å²) in [5.41, 5.74) is 8.11. The van der Waals surface area contributed by atoms with Crippen molar-refractivity contribution in [2.75, 3.05) is 13.1 Å². The number of nitrogens with two attached hydrogens (primary N) is 1. The highest BCUT2D eigenvalue weighted by Crippen LogP contribution is 2.38.